The standard InChI is InChI=1S/C29H36Cl2N4O5S/c30-26-19(16-20-9-15-41-28(20)27(26)31)4-5-24(37)35-13-6-22(7-14-35)33-29(40)21(17-25(38)39)18-32-23(36)8-12-34-10-2-1-3-11-34/h4-5,9,15-16,21-22H,1-3,6-8,10-14,17-18H2,(H,32,36)(H,33,40)(H,38,39)/b5-4+. The van der Waals surface area contributed by atoms with Crippen molar-refractivity contribution in [1.29, 1.82) is 0 Å². The van der Waals surface area contributed by atoms with Gasteiger partial charge in [-0.05, 0) is 73.3 Å². The van der Waals surface area contributed by atoms with Gasteiger partial charge in [-0.1, -0.05) is 29.6 Å². The summed E-state index contributed by atoms with van der Waals surface area (Å²) in [4.78, 5) is 53.4. The second-order valence-electron chi connectivity index (χ2n) is 10.6. The van der Waals surface area contributed by atoms with Crippen molar-refractivity contribution in [3.8, 4) is 0 Å². The zero-order valence-electron chi connectivity index (χ0n) is 22.9. The maximum Gasteiger partial charge on any atom is 0.304 e. The topological polar surface area (TPSA) is 119 Å². The van der Waals surface area contributed by atoms with Crippen molar-refractivity contribution in [3.63, 3.8) is 0 Å². The maximum absolute atomic E-state index is 12.9. The van der Waals surface area contributed by atoms with E-state index in [4.69, 9.17) is 23.2 Å². The lowest BCUT2D eigenvalue weighted by Crippen LogP contribution is -2.49. The van der Waals surface area contributed by atoms with Crippen molar-refractivity contribution >= 4 is 74.4 Å². The normalized spacial score (nSPS) is 17.6. The Hall–Kier alpha value is -2.66. The van der Waals surface area contributed by atoms with Crippen LogP contribution < -0.4 is 10.6 Å². The molecule has 0 spiro atoms. The number of carboxylic acid groups (broad SMARTS) is 1. The minimum absolute atomic E-state index is 0.0250. The van der Waals surface area contributed by atoms with E-state index in [1.165, 1.54) is 23.8 Å². The number of rotatable bonds is 11. The molecule has 222 valence electrons. The number of aliphatic carboxylic acids is 1. The molecule has 0 saturated carbocycles. The van der Waals surface area contributed by atoms with Crippen LogP contribution in [-0.4, -0.2) is 83.9 Å². The Morgan fingerprint density at radius 2 is 1.80 bits per heavy atom. The summed E-state index contributed by atoms with van der Waals surface area (Å²) in [7, 11) is 0. The van der Waals surface area contributed by atoms with E-state index in [2.05, 4.69) is 15.5 Å². The highest BCUT2D eigenvalue weighted by molar-refractivity contribution is 7.18. The Morgan fingerprint density at radius 1 is 1.07 bits per heavy atom. The van der Waals surface area contributed by atoms with E-state index in [1.807, 2.05) is 17.5 Å². The van der Waals surface area contributed by atoms with Crippen LogP contribution in [-0.2, 0) is 19.2 Å². The minimum Gasteiger partial charge on any atom is -0.481 e. The van der Waals surface area contributed by atoms with E-state index in [0.29, 0.717) is 54.5 Å². The van der Waals surface area contributed by atoms with Crippen LogP contribution in [0.2, 0.25) is 10.0 Å². The minimum atomic E-state index is -1.10. The molecule has 4 rings (SSSR count). The average molecular weight is 624 g/mol. The number of hydrogen-bond donors (Lipinski definition) is 3. The number of hydrogen-bond acceptors (Lipinski definition) is 6. The first-order valence-corrected chi connectivity index (χ1v) is 15.7. The van der Waals surface area contributed by atoms with E-state index in [1.54, 1.807) is 11.0 Å². The summed E-state index contributed by atoms with van der Waals surface area (Å²) < 4.78 is 0.907. The van der Waals surface area contributed by atoms with Gasteiger partial charge in [-0.3, -0.25) is 19.2 Å². The van der Waals surface area contributed by atoms with Crippen LogP contribution in [0.5, 0.6) is 0 Å². The van der Waals surface area contributed by atoms with Crippen molar-refractivity contribution in [2.45, 2.75) is 51.0 Å². The van der Waals surface area contributed by atoms with E-state index in [0.717, 1.165) is 36.0 Å². The van der Waals surface area contributed by atoms with Gasteiger partial charge in [0.2, 0.25) is 17.7 Å². The molecule has 2 aromatic rings. The van der Waals surface area contributed by atoms with Gasteiger partial charge in [-0.2, -0.15) is 0 Å². The van der Waals surface area contributed by atoms with Crippen LogP contribution in [0, 0.1) is 5.92 Å². The zero-order valence-corrected chi connectivity index (χ0v) is 25.2. The van der Waals surface area contributed by atoms with Crippen LogP contribution in [0.1, 0.15) is 50.5 Å². The number of likely N-dealkylation sites (tertiary alicyclic amines) is 2. The number of carboxylic acids is 1. The van der Waals surface area contributed by atoms with E-state index < -0.39 is 17.8 Å². The molecule has 1 unspecified atom stereocenters. The molecule has 2 fully saturated rings. The number of nitrogens with zero attached hydrogens (tertiary/aromatic N) is 2. The number of amides is 3. The molecule has 0 radical (unpaired) electrons. The first-order valence-electron chi connectivity index (χ1n) is 14.0. The van der Waals surface area contributed by atoms with Gasteiger partial charge in [0.25, 0.3) is 0 Å². The number of benzene rings is 1. The van der Waals surface area contributed by atoms with Gasteiger partial charge in [0.1, 0.15) is 0 Å². The Kier molecular flexibility index (Phi) is 11.4. The summed E-state index contributed by atoms with van der Waals surface area (Å²) in [5.41, 5.74) is 0.668. The summed E-state index contributed by atoms with van der Waals surface area (Å²) >= 11 is 14.3. The molecule has 2 aliphatic rings. The third-order valence-corrected chi connectivity index (χ3v) is 9.59. The van der Waals surface area contributed by atoms with Crippen LogP contribution in [0.4, 0.5) is 0 Å². The summed E-state index contributed by atoms with van der Waals surface area (Å²) in [6, 6.07) is 3.67. The van der Waals surface area contributed by atoms with Crippen molar-refractivity contribution in [1.82, 2.24) is 20.4 Å². The Bertz CT molecular complexity index is 1290. The van der Waals surface area contributed by atoms with Crippen molar-refractivity contribution < 1.29 is 24.3 Å². The predicted molar refractivity (Wildman–Crippen MR) is 162 cm³/mol. The number of piperidine rings is 2. The molecular formula is C29H36Cl2N4O5S. The summed E-state index contributed by atoms with van der Waals surface area (Å²) in [5, 5.41) is 18.8. The van der Waals surface area contributed by atoms with Crippen molar-refractivity contribution in [2.24, 2.45) is 5.92 Å². The number of thiophene rings is 1. The van der Waals surface area contributed by atoms with Crippen LogP contribution in [0.3, 0.4) is 0 Å². The lowest BCUT2D eigenvalue weighted by molar-refractivity contribution is -0.141. The molecule has 12 heteroatoms. The lowest BCUT2D eigenvalue weighted by Gasteiger charge is -2.32. The third-order valence-electron chi connectivity index (χ3n) is 7.65. The first-order chi connectivity index (χ1) is 19.7. The molecule has 3 amide bonds. The summed E-state index contributed by atoms with van der Waals surface area (Å²) in [6.45, 7) is 3.52. The summed E-state index contributed by atoms with van der Waals surface area (Å²) in [6.07, 6.45) is 7.69. The molecule has 9 nitrogen and oxygen atoms in total. The van der Waals surface area contributed by atoms with Gasteiger partial charge in [-0.25, -0.2) is 0 Å². The van der Waals surface area contributed by atoms with Gasteiger partial charge >= 0.3 is 5.97 Å². The van der Waals surface area contributed by atoms with Crippen molar-refractivity contribution in [2.75, 3.05) is 39.3 Å². The predicted octanol–water partition coefficient (Wildman–Crippen LogP) is 4.41. The summed E-state index contributed by atoms with van der Waals surface area (Å²) in [5.74, 6) is -2.71. The van der Waals surface area contributed by atoms with E-state index >= 15 is 0 Å². The number of fused-ring (bicyclic) bond motifs is 1. The van der Waals surface area contributed by atoms with Crippen LogP contribution >= 0.6 is 34.5 Å². The fourth-order valence-corrected chi connectivity index (χ4v) is 6.70. The highest BCUT2D eigenvalue weighted by Gasteiger charge is 2.28. The quantitative estimate of drug-likeness (QED) is 0.319. The number of carbonyl (C=O) groups is 4. The van der Waals surface area contributed by atoms with Gasteiger partial charge in [-0.15, -0.1) is 11.3 Å². The molecule has 41 heavy (non-hydrogen) atoms. The number of nitrogens with one attached hydrogen (secondary N) is 2. The SMILES string of the molecule is O=C(O)CC(CNC(=O)CCN1CCCCC1)C(=O)NC1CCN(C(=O)/C=C/c2cc3ccsc3c(Cl)c2Cl)CC1. The first kappa shape index (κ1) is 31.3. The molecule has 1 aromatic carbocycles. The molecule has 0 bridgehead atoms. The highest BCUT2D eigenvalue weighted by atomic mass is 35.5. The second kappa shape index (κ2) is 15.0. The number of halogens is 2. The van der Waals surface area contributed by atoms with Gasteiger partial charge < -0.3 is 25.5 Å². The number of carbonyl (C=O) groups excluding carboxylic acids is 3. The molecule has 1 aromatic heterocycles. The molecule has 3 heterocycles. The zero-order chi connectivity index (χ0) is 29.4. The molecule has 2 aliphatic heterocycles. The maximum atomic E-state index is 12.9. The lowest BCUT2D eigenvalue weighted by atomic mass is 10.0. The van der Waals surface area contributed by atoms with Crippen LogP contribution in [0.25, 0.3) is 16.2 Å². The second-order valence-corrected chi connectivity index (χ2v) is 12.3. The van der Waals surface area contributed by atoms with Gasteiger partial charge in [0.15, 0.2) is 0 Å². The highest BCUT2D eigenvalue weighted by Crippen LogP contribution is 2.37. The van der Waals surface area contributed by atoms with Crippen molar-refractivity contribution in [3.05, 3.63) is 39.2 Å². The van der Waals surface area contributed by atoms with E-state index in [-0.39, 0.29) is 30.8 Å². The van der Waals surface area contributed by atoms with Crippen LogP contribution in [0.15, 0.2) is 23.6 Å². The Morgan fingerprint density at radius 3 is 2.51 bits per heavy atom. The molecular weight excluding hydrogens is 587 g/mol. The monoisotopic (exact) mass is 622 g/mol. The van der Waals surface area contributed by atoms with Gasteiger partial charge in [0.05, 0.1) is 27.1 Å². The Balaban J connectivity index is 1.23. The fourth-order valence-electron chi connectivity index (χ4n) is 5.26. The third kappa shape index (κ3) is 8.91. The fraction of sp³-hybridized carbons (Fsp3) is 0.517. The molecule has 3 N–H and O–H groups in total. The molecule has 2 saturated heterocycles. The molecule has 0 aliphatic carbocycles. The molecule has 1 atom stereocenters. The van der Waals surface area contributed by atoms with E-state index in [9.17, 15) is 24.3 Å². The van der Waals surface area contributed by atoms with Gasteiger partial charge in [0, 0.05) is 44.7 Å². The largest absolute Gasteiger partial charge is 0.481 e. The average Bonchev–Trinajstić information content (AvgIpc) is 3.44. The smallest absolute Gasteiger partial charge is 0.304 e. The Labute approximate surface area is 253 Å².